The van der Waals surface area contributed by atoms with Gasteiger partial charge in [-0.1, -0.05) is 36.0 Å². The predicted octanol–water partition coefficient (Wildman–Crippen LogP) is 1.41. The molecular formula is C19H18N4O4S. The zero-order chi connectivity index (χ0) is 19.9. The minimum absolute atomic E-state index is 0.00983. The molecule has 8 nitrogen and oxygen atoms in total. The summed E-state index contributed by atoms with van der Waals surface area (Å²) >= 11 is 1.07. The number of fused-ring (bicyclic) bond motifs is 1. The van der Waals surface area contributed by atoms with Gasteiger partial charge >= 0.3 is 0 Å². The van der Waals surface area contributed by atoms with E-state index in [4.69, 9.17) is 4.74 Å². The molecule has 144 valence electrons. The molecule has 0 saturated heterocycles. The monoisotopic (exact) mass is 398 g/mol. The molecule has 3 aromatic rings. The Kier molecular flexibility index (Phi) is 6.28. The molecule has 0 unspecified atom stereocenters. The first-order valence-electron chi connectivity index (χ1n) is 8.37. The number of benzene rings is 2. The number of H-pyrrole nitrogens is 1. The SMILES string of the molecule is COc1ccc(CC(=O)NNC(=O)CSc2nc3ccccc3c(=O)[nH]2)cc1. The van der Waals surface area contributed by atoms with Crippen LogP contribution in [0.4, 0.5) is 0 Å². The molecule has 0 radical (unpaired) electrons. The molecule has 1 heterocycles. The van der Waals surface area contributed by atoms with Crippen molar-refractivity contribution in [2.24, 2.45) is 0 Å². The maximum atomic E-state index is 12.0. The van der Waals surface area contributed by atoms with E-state index in [9.17, 15) is 14.4 Å². The molecule has 0 spiro atoms. The summed E-state index contributed by atoms with van der Waals surface area (Å²) < 4.78 is 5.06. The van der Waals surface area contributed by atoms with Crippen molar-refractivity contribution < 1.29 is 14.3 Å². The Morgan fingerprint density at radius 2 is 1.79 bits per heavy atom. The number of aromatic amines is 1. The number of amides is 2. The molecule has 0 saturated carbocycles. The molecule has 0 fully saturated rings. The second-order valence-corrected chi connectivity index (χ2v) is 6.76. The maximum Gasteiger partial charge on any atom is 0.259 e. The highest BCUT2D eigenvalue weighted by Crippen LogP contribution is 2.14. The Morgan fingerprint density at radius 1 is 1.07 bits per heavy atom. The average molecular weight is 398 g/mol. The van der Waals surface area contributed by atoms with Gasteiger partial charge in [0.15, 0.2) is 5.16 Å². The summed E-state index contributed by atoms with van der Waals surface area (Å²) in [4.78, 5) is 42.8. The van der Waals surface area contributed by atoms with Crippen LogP contribution in [0.15, 0.2) is 58.5 Å². The Labute approximate surface area is 164 Å². The number of hydrogen-bond acceptors (Lipinski definition) is 6. The quantitative estimate of drug-likeness (QED) is 0.329. The normalized spacial score (nSPS) is 10.5. The van der Waals surface area contributed by atoms with Crippen molar-refractivity contribution in [1.82, 2.24) is 20.8 Å². The first kappa shape index (κ1) is 19.4. The molecule has 2 aromatic carbocycles. The smallest absolute Gasteiger partial charge is 0.259 e. The molecule has 3 rings (SSSR count). The van der Waals surface area contributed by atoms with Crippen molar-refractivity contribution in [3.05, 3.63) is 64.4 Å². The third kappa shape index (κ3) is 5.10. The van der Waals surface area contributed by atoms with Gasteiger partial charge in [0.05, 0.1) is 30.2 Å². The lowest BCUT2D eigenvalue weighted by atomic mass is 10.1. The van der Waals surface area contributed by atoms with E-state index in [1.54, 1.807) is 55.6 Å². The van der Waals surface area contributed by atoms with Crippen molar-refractivity contribution in [1.29, 1.82) is 0 Å². The van der Waals surface area contributed by atoms with Crippen LogP contribution in [0.1, 0.15) is 5.56 Å². The summed E-state index contributed by atoms with van der Waals surface area (Å²) in [5.41, 5.74) is 5.79. The zero-order valence-corrected chi connectivity index (χ0v) is 15.8. The van der Waals surface area contributed by atoms with E-state index in [2.05, 4.69) is 20.8 Å². The van der Waals surface area contributed by atoms with Gasteiger partial charge in [-0.15, -0.1) is 0 Å². The van der Waals surface area contributed by atoms with Gasteiger partial charge in [-0.25, -0.2) is 4.98 Å². The standard InChI is InChI=1S/C19H18N4O4S/c1-27-13-8-6-12(7-9-13)10-16(24)22-23-17(25)11-28-19-20-15-5-3-2-4-14(15)18(26)21-19/h2-9H,10-11H2,1H3,(H,22,24)(H,23,25)(H,20,21,26). The van der Waals surface area contributed by atoms with Crippen molar-refractivity contribution in [2.75, 3.05) is 12.9 Å². The van der Waals surface area contributed by atoms with E-state index in [0.29, 0.717) is 21.8 Å². The van der Waals surface area contributed by atoms with E-state index in [1.165, 1.54) is 0 Å². The molecule has 28 heavy (non-hydrogen) atoms. The van der Waals surface area contributed by atoms with Crippen LogP contribution in [0.25, 0.3) is 10.9 Å². The average Bonchev–Trinajstić information content (AvgIpc) is 2.71. The predicted molar refractivity (Wildman–Crippen MR) is 106 cm³/mol. The minimum atomic E-state index is -0.413. The third-order valence-corrected chi connectivity index (χ3v) is 4.67. The number of hydrazine groups is 1. The molecule has 0 atom stereocenters. The highest BCUT2D eigenvalue weighted by atomic mass is 32.2. The van der Waals surface area contributed by atoms with E-state index >= 15 is 0 Å². The fourth-order valence-corrected chi connectivity index (χ4v) is 3.08. The number of nitrogens with one attached hydrogen (secondary N) is 3. The van der Waals surface area contributed by atoms with E-state index in [-0.39, 0.29) is 23.6 Å². The fraction of sp³-hybridized carbons (Fsp3) is 0.158. The van der Waals surface area contributed by atoms with E-state index in [0.717, 1.165) is 17.3 Å². The number of carbonyl (C=O) groups is 2. The molecule has 0 aliphatic carbocycles. The maximum absolute atomic E-state index is 12.0. The second-order valence-electron chi connectivity index (χ2n) is 5.80. The van der Waals surface area contributed by atoms with Crippen LogP contribution in [-0.4, -0.2) is 34.6 Å². The summed E-state index contributed by atoms with van der Waals surface area (Å²) in [6, 6.07) is 14.0. The number of ether oxygens (including phenoxy) is 1. The summed E-state index contributed by atoms with van der Waals surface area (Å²) in [6.07, 6.45) is 0.122. The Balaban J connectivity index is 1.47. The molecule has 3 N–H and O–H groups in total. The van der Waals surface area contributed by atoms with Gasteiger partial charge in [-0.05, 0) is 29.8 Å². The van der Waals surface area contributed by atoms with Crippen molar-refractivity contribution in [3.8, 4) is 5.75 Å². The van der Waals surface area contributed by atoms with Crippen LogP contribution in [-0.2, 0) is 16.0 Å². The molecule has 2 amide bonds. The summed E-state index contributed by atoms with van der Waals surface area (Å²) in [6.45, 7) is 0. The lowest BCUT2D eigenvalue weighted by Gasteiger charge is -2.08. The number of thioether (sulfide) groups is 1. The van der Waals surface area contributed by atoms with Crippen LogP contribution in [0.3, 0.4) is 0 Å². The second kappa shape index (κ2) is 9.05. The summed E-state index contributed by atoms with van der Waals surface area (Å²) in [7, 11) is 1.57. The van der Waals surface area contributed by atoms with Gasteiger partial charge in [0, 0.05) is 0 Å². The van der Waals surface area contributed by atoms with E-state index < -0.39 is 5.91 Å². The molecule has 1 aromatic heterocycles. The van der Waals surface area contributed by atoms with Crippen LogP contribution >= 0.6 is 11.8 Å². The van der Waals surface area contributed by atoms with Crippen molar-refractivity contribution in [3.63, 3.8) is 0 Å². The van der Waals surface area contributed by atoms with Crippen molar-refractivity contribution in [2.45, 2.75) is 11.6 Å². The summed E-state index contributed by atoms with van der Waals surface area (Å²) in [5.74, 6) is -0.0659. The number of methoxy groups -OCH3 is 1. The van der Waals surface area contributed by atoms with Crippen LogP contribution in [0.2, 0.25) is 0 Å². The van der Waals surface area contributed by atoms with Crippen molar-refractivity contribution >= 4 is 34.5 Å². The highest BCUT2D eigenvalue weighted by molar-refractivity contribution is 7.99. The number of hydrogen-bond donors (Lipinski definition) is 3. The molecular weight excluding hydrogens is 380 g/mol. The summed E-state index contributed by atoms with van der Waals surface area (Å²) in [5, 5.41) is 0.825. The Hall–Kier alpha value is -3.33. The lowest BCUT2D eigenvalue weighted by molar-refractivity contribution is -0.127. The fourth-order valence-electron chi connectivity index (χ4n) is 2.42. The number of aromatic nitrogens is 2. The molecule has 0 bridgehead atoms. The van der Waals surface area contributed by atoms with Gasteiger partial charge in [0.2, 0.25) is 11.8 Å². The first-order chi connectivity index (χ1) is 13.5. The van der Waals surface area contributed by atoms with E-state index in [1.807, 2.05) is 0 Å². The number of rotatable bonds is 6. The topological polar surface area (TPSA) is 113 Å². The molecule has 0 aliphatic heterocycles. The van der Waals surface area contributed by atoms with Gasteiger partial charge in [-0.3, -0.25) is 25.2 Å². The largest absolute Gasteiger partial charge is 0.497 e. The lowest BCUT2D eigenvalue weighted by Crippen LogP contribution is -2.43. The Bertz CT molecular complexity index is 1050. The molecule has 0 aliphatic rings. The highest BCUT2D eigenvalue weighted by Gasteiger charge is 2.09. The Morgan fingerprint density at radius 3 is 2.54 bits per heavy atom. The minimum Gasteiger partial charge on any atom is -0.497 e. The van der Waals surface area contributed by atoms with Crippen LogP contribution in [0, 0.1) is 0 Å². The van der Waals surface area contributed by atoms with Crippen LogP contribution < -0.4 is 21.1 Å². The van der Waals surface area contributed by atoms with Gasteiger partial charge in [0.25, 0.3) is 5.56 Å². The molecule has 9 heteroatoms. The first-order valence-corrected chi connectivity index (χ1v) is 9.36. The van der Waals surface area contributed by atoms with Gasteiger partial charge in [0.1, 0.15) is 5.75 Å². The zero-order valence-electron chi connectivity index (χ0n) is 15.0. The van der Waals surface area contributed by atoms with Crippen LogP contribution in [0.5, 0.6) is 5.75 Å². The number of nitrogens with zero attached hydrogens (tertiary/aromatic N) is 1. The number of para-hydroxylation sites is 1. The third-order valence-electron chi connectivity index (χ3n) is 3.80. The van der Waals surface area contributed by atoms with Gasteiger partial charge in [-0.2, -0.15) is 0 Å². The number of carbonyl (C=O) groups excluding carboxylic acids is 2. The van der Waals surface area contributed by atoms with Gasteiger partial charge < -0.3 is 9.72 Å².